The van der Waals surface area contributed by atoms with E-state index in [4.69, 9.17) is 5.73 Å². The molecule has 106 valence electrons. The maximum atomic E-state index is 12.9. The van der Waals surface area contributed by atoms with Gasteiger partial charge in [0.05, 0.1) is 11.9 Å². The van der Waals surface area contributed by atoms with E-state index in [1.54, 1.807) is 6.07 Å². The predicted octanol–water partition coefficient (Wildman–Crippen LogP) is 2.73. The molecule has 1 heterocycles. The van der Waals surface area contributed by atoms with Gasteiger partial charge in [0.2, 0.25) is 0 Å². The number of hydrogen-bond acceptors (Lipinski definition) is 3. The lowest BCUT2D eigenvalue weighted by Crippen LogP contribution is -2.44. The van der Waals surface area contributed by atoms with Crippen LogP contribution in [0.25, 0.3) is 0 Å². The summed E-state index contributed by atoms with van der Waals surface area (Å²) in [4.78, 5) is 6.56. The van der Waals surface area contributed by atoms with Crippen molar-refractivity contribution in [2.24, 2.45) is 11.7 Å². The first-order valence-electron chi connectivity index (χ1n) is 7.17. The van der Waals surface area contributed by atoms with Crippen molar-refractivity contribution in [3.63, 3.8) is 0 Å². The molecule has 1 aliphatic carbocycles. The summed E-state index contributed by atoms with van der Waals surface area (Å²) in [5, 5.41) is 0. The van der Waals surface area contributed by atoms with E-state index in [-0.39, 0.29) is 11.9 Å². The highest BCUT2D eigenvalue weighted by molar-refractivity contribution is 5.09. The van der Waals surface area contributed by atoms with Crippen molar-refractivity contribution in [2.45, 2.75) is 44.7 Å². The zero-order chi connectivity index (χ0) is 13.8. The van der Waals surface area contributed by atoms with Crippen LogP contribution < -0.4 is 5.73 Å². The molecule has 0 amide bonds. The van der Waals surface area contributed by atoms with Gasteiger partial charge in [0.15, 0.2) is 0 Å². The number of rotatable bonds is 4. The second-order valence-corrected chi connectivity index (χ2v) is 5.59. The van der Waals surface area contributed by atoms with E-state index in [1.165, 1.54) is 37.9 Å². The number of pyridine rings is 1. The van der Waals surface area contributed by atoms with Gasteiger partial charge in [-0.1, -0.05) is 12.8 Å². The molecule has 0 aliphatic heterocycles. The third-order valence-corrected chi connectivity index (χ3v) is 4.48. The summed E-state index contributed by atoms with van der Waals surface area (Å²) in [6.07, 6.45) is 6.27. The van der Waals surface area contributed by atoms with E-state index in [2.05, 4.69) is 23.9 Å². The molecule has 1 saturated carbocycles. The Labute approximate surface area is 115 Å². The van der Waals surface area contributed by atoms with Gasteiger partial charge < -0.3 is 5.73 Å². The maximum Gasteiger partial charge on any atom is 0.141 e. The fourth-order valence-electron chi connectivity index (χ4n) is 3.13. The standard InChI is InChI=1S/C15H24FN3/c1-11(14-8-7-13(16)10-18-14)19(2)15-6-4-3-5-12(15)9-17/h7-8,10-12,15H,3-6,9,17H2,1-2H3. The van der Waals surface area contributed by atoms with Gasteiger partial charge in [-0.3, -0.25) is 9.88 Å². The van der Waals surface area contributed by atoms with Gasteiger partial charge in [-0.05, 0) is 51.4 Å². The SMILES string of the molecule is CC(c1ccc(F)cn1)N(C)C1CCCCC1CN. The molecule has 0 radical (unpaired) electrons. The van der Waals surface area contributed by atoms with Crippen molar-refractivity contribution < 1.29 is 4.39 Å². The van der Waals surface area contributed by atoms with Gasteiger partial charge >= 0.3 is 0 Å². The van der Waals surface area contributed by atoms with Crippen LogP contribution in [-0.2, 0) is 0 Å². The second kappa shape index (κ2) is 6.44. The molecule has 0 spiro atoms. The van der Waals surface area contributed by atoms with Crippen LogP contribution in [0.15, 0.2) is 18.3 Å². The Morgan fingerprint density at radius 3 is 2.79 bits per heavy atom. The molecule has 0 bridgehead atoms. The lowest BCUT2D eigenvalue weighted by molar-refractivity contribution is 0.0972. The molecular formula is C15H24FN3. The smallest absolute Gasteiger partial charge is 0.141 e. The molecule has 0 aromatic carbocycles. The monoisotopic (exact) mass is 265 g/mol. The van der Waals surface area contributed by atoms with Gasteiger partial charge in [-0.25, -0.2) is 4.39 Å². The molecular weight excluding hydrogens is 241 g/mol. The van der Waals surface area contributed by atoms with Gasteiger partial charge in [0.25, 0.3) is 0 Å². The average molecular weight is 265 g/mol. The fourth-order valence-corrected chi connectivity index (χ4v) is 3.13. The number of halogens is 1. The molecule has 4 heteroatoms. The Hall–Kier alpha value is -1.00. The molecule has 2 N–H and O–H groups in total. The number of nitrogens with two attached hydrogens (primary N) is 1. The first-order chi connectivity index (χ1) is 9.13. The van der Waals surface area contributed by atoms with Crippen LogP contribution in [0.1, 0.15) is 44.3 Å². The summed E-state index contributed by atoms with van der Waals surface area (Å²) in [6.45, 7) is 2.88. The highest BCUT2D eigenvalue weighted by atomic mass is 19.1. The molecule has 1 aromatic rings. The minimum absolute atomic E-state index is 0.192. The third-order valence-electron chi connectivity index (χ3n) is 4.48. The molecule has 1 aliphatic rings. The quantitative estimate of drug-likeness (QED) is 0.910. The lowest BCUT2D eigenvalue weighted by Gasteiger charge is -2.40. The van der Waals surface area contributed by atoms with E-state index >= 15 is 0 Å². The average Bonchev–Trinajstić information content (AvgIpc) is 2.46. The topological polar surface area (TPSA) is 42.2 Å². The van der Waals surface area contributed by atoms with Crippen molar-refractivity contribution in [1.29, 1.82) is 0 Å². The Balaban J connectivity index is 2.08. The molecule has 0 saturated heterocycles. The van der Waals surface area contributed by atoms with Crippen LogP contribution in [0.3, 0.4) is 0 Å². The molecule has 1 aromatic heterocycles. The zero-order valence-corrected chi connectivity index (χ0v) is 11.8. The van der Waals surface area contributed by atoms with Crippen molar-refractivity contribution in [3.8, 4) is 0 Å². The lowest BCUT2D eigenvalue weighted by atomic mass is 9.83. The highest BCUT2D eigenvalue weighted by Gasteiger charge is 2.30. The van der Waals surface area contributed by atoms with E-state index in [0.29, 0.717) is 12.0 Å². The summed E-state index contributed by atoms with van der Waals surface area (Å²) in [5.74, 6) is 0.290. The van der Waals surface area contributed by atoms with Crippen LogP contribution in [0.2, 0.25) is 0 Å². The van der Waals surface area contributed by atoms with Crippen LogP contribution in [0.4, 0.5) is 4.39 Å². The molecule has 3 atom stereocenters. The van der Waals surface area contributed by atoms with Crippen molar-refractivity contribution in [2.75, 3.05) is 13.6 Å². The molecule has 3 nitrogen and oxygen atoms in total. The molecule has 2 rings (SSSR count). The van der Waals surface area contributed by atoms with E-state index in [1.807, 2.05) is 0 Å². The van der Waals surface area contributed by atoms with Gasteiger partial charge in [-0.15, -0.1) is 0 Å². The predicted molar refractivity (Wildman–Crippen MR) is 75.2 cm³/mol. The third kappa shape index (κ3) is 3.31. The fraction of sp³-hybridized carbons (Fsp3) is 0.667. The van der Waals surface area contributed by atoms with Crippen molar-refractivity contribution in [1.82, 2.24) is 9.88 Å². The first-order valence-corrected chi connectivity index (χ1v) is 7.17. The van der Waals surface area contributed by atoms with Crippen LogP contribution in [0.5, 0.6) is 0 Å². The van der Waals surface area contributed by atoms with Gasteiger partial charge in [0, 0.05) is 12.1 Å². The maximum absolute atomic E-state index is 12.9. The summed E-state index contributed by atoms with van der Waals surface area (Å²) < 4.78 is 12.9. The zero-order valence-electron chi connectivity index (χ0n) is 11.8. The number of hydrogen-bond donors (Lipinski definition) is 1. The van der Waals surface area contributed by atoms with Crippen LogP contribution in [0, 0.1) is 11.7 Å². The van der Waals surface area contributed by atoms with Crippen molar-refractivity contribution >= 4 is 0 Å². The minimum atomic E-state index is -0.281. The normalized spacial score (nSPS) is 25.5. The Kier molecular flexibility index (Phi) is 4.88. The first kappa shape index (κ1) is 14.4. The Bertz CT molecular complexity index is 393. The van der Waals surface area contributed by atoms with Gasteiger partial charge in [0.1, 0.15) is 5.82 Å². The van der Waals surface area contributed by atoms with Crippen LogP contribution >= 0.6 is 0 Å². The summed E-state index contributed by atoms with van der Waals surface area (Å²) >= 11 is 0. The molecule has 1 fully saturated rings. The Morgan fingerprint density at radius 2 is 2.16 bits per heavy atom. The summed E-state index contributed by atoms with van der Waals surface area (Å²) in [6, 6.07) is 3.96. The largest absolute Gasteiger partial charge is 0.330 e. The summed E-state index contributed by atoms with van der Waals surface area (Å²) in [7, 11) is 2.13. The highest BCUT2D eigenvalue weighted by Crippen LogP contribution is 2.31. The van der Waals surface area contributed by atoms with Gasteiger partial charge in [-0.2, -0.15) is 0 Å². The molecule has 3 unspecified atom stereocenters. The van der Waals surface area contributed by atoms with E-state index in [0.717, 1.165) is 12.2 Å². The second-order valence-electron chi connectivity index (χ2n) is 5.59. The number of aromatic nitrogens is 1. The minimum Gasteiger partial charge on any atom is -0.330 e. The Morgan fingerprint density at radius 1 is 1.42 bits per heavy atom. The van der Waals surface area contributed by atoms with Crippen molar-refractivity contribution in [3.05, 3.63) is 29.8 Å². The van der Waals surface area contributed by atoms with E-state index in [9.17, 15) is 4.39 Å². The molecule has 19 heavy (non-hydrogen) atoms. The van der Waals surface area contributed by atoms with E-state index < -0.39 is 0 Å². The van der Waals surface area contributed by atoms with Crippen LogP contribution in [-0.4, -0.2) is 29.5 Å². The summed E-state index contributed by atoms with van der Waals surface area (Å²) in [5.41, 5.74) is 6.82. The number of nitrogens with zero attached hydrogens (tertiary/aromatic N) is 2.